The summed E-state index contributed by atoms with van der Waals surface area (Å²) in [5, 5.41) is 2.93. The lowest BCUT2D eigenvalue weighted by Crippen LogP contribution is -2.52. The lowest BCUT2D eigenvalue weighted by atomic mass is 10.3. The van der Waals surface area contributed by atoms with Crippen LogP contribution in [0.3, 0.4) is 0 Å². The Bertz CT molecular complexity index is 424. The first-order chi connectivity index (χ1) is 9.33. The van der Waals surface area contributed by atoms with Gasteiger partial charge in [0, 0.05) is 38.4 Å². The molecule has 5 nitrogen and oxygen atoms in total. The summed E-state index contributed by atoms with van der Waals surface area (Å²) in [6, 6.07) is 6.57. The Morgan fingerprint density at radius 1 is 1.26 bits per heavy atom. The SMILES string of the molecule is O=C(NCc1ccccn1)N1CCN(C2CC2)CC1. The predicted octanol–water partition coefficient (Wildman–Crippen LogP) is 1.07. The molecule has 1 aliphatic heterocycles. The largest absolute Gasteiger partial charge is 0.332 e. The molecule has 2 amide bonds. The minimum absolute atomic E-state index is 0.0288. The van der Waals surface area contributed by atoms with Crippen molar-refractivity contribution in [3.63, 3.8) is 0 Å². The number of hydrogen-bond acceptors (Lipinski definition) is 3. The Kier molecular flexibility index (Phi) is 3.64. The summed E-state index contributed by atoms with van der Waals surface area (Å²) in [5.74, 6) is 0. The maximum Gasteiger partial charge on any atom is 0.317 e. The highest BCUT2D eigenvalue weighted by Gasteiger charge is 2.32. The summed E-state index contributed by atoms with van der Waals surface area (Å²) in [7, 11) is 0. The number of pyridine rings is 1. The van der Waals surface area contributed by atoms with E-state index in [4.69, 9.17) is 0 Å². The van der Waals surface area contributed by atoms with E-state index in [1.165, 1.54) is 12.8 Å². The zero-order chi connectivity index (χ0) is 13.1. The molecule has 1 aromatic rings. The maximum absolute atomic E-state index is 12.0. The number of carbonyl (C=O) groups excluding carboxylic acids is 1. The van der Waals surface area contributed by atoms with E-state index in [1.807, 2.05) is 23.1 Å². The van der Waals surface area contributed by atoms with Crippen LogP contribution in [-0.4, -0.2) is 53.0 Å². The molecule has 1 N–H and O–H groups in total. The van der Waals surface area contributed by atoms with Gasteiger partial charge in [-0.1, -0.05) is 6.07 Å². The molecule has 2 heterocycles. The van der Waals surface area contributed by atoms with Gasteiger partial charge in [0.2, 0.25) is 0 Å². The molecule has 0 atom stereocenters. The van der Waals surface area contributed by atoms with Gasteiger partial charge < -0.3 is 10.2 Å². The van der Waals surface area contributed by atoms with Crippen LogP contribution in [0.4, 0.5) is 4.79 Å². The summed E-state index contributed by atoms with van der Waals surface area (Å²) >= 11 is 0. The average molecular weight is 260 g/mol. The molecule has 102 valence electrons. The molecule has 0 aromatic carbocycles. The van der Waals surface area contributed by atoms with Crippen molar-refractivity contribution in [1.82, 2.24) is 20.1 Å². The number of hydrogen-bond donors (Lipinski definition) is 1. The molecule has 19 heavy (non-hydrogen) atoms. The van der Waals surface area contributed by atoms with Gasteiger partial charge in [0.1, 0.15) is 0 Å². The van der Waals surface area contributed by atoms with Gasteiger partial charge in [-0.05, 0) is 25.0 Å². The third-order valence-electron chi connectivity index (χ3n) is 3.81. The van der Waals surface area contributed by atoms with E-state index in [0.717, 1.165) is 37.9 Å². The lowest BCUT2D eigenvalue weighted by Gasteiger charge is -2.34. The van der Waals surface area contributed by atoms with E-state index in [2.05, 4.69) is 15.2 Å². The van der Waals surface area contributed by atoms with Gasteiger partial charge in [-0.25, -0.2) is 4.79 Å². The number of piperazine rings is 1. The Hall–Kier alpha value is -1.62. The summed E-state index contributed by atoms with van der Waals surface area (Å²) < 4.78 is 0. The monoisotopic (exact) mass is 260 g/mol. The first kappa shape index (κ1) is 12.4. The summed E-state index contributed by atoms with van der Waals surface area (Å²) in [5.41, 5.74) is 0.896. The minimum atomic E-state index is 0.0288. The van der Waals surface area contributed by atoms with Gasteiger partial charge in [0.25, 0.3) is 0 Å². The van der Waals surface area contributed by atoms with E-state index in [1.54, 1.807) is 6.20 Å². The second kappa shape index (κ2) is 5.57. The molecule has 1 aromatic heterocycles. The fourth-order valence-corrected chi connectivity index (χ4v) is 2.51. The number of aromatic nitrogens is 1. The number of rotatable bonds is 3. The minimum Gasteiger partial charge on any atom is -0.332 e. The second-order valence-corrected chi connectivity index (χ2v) is 5.23. The average Bonchev–Trinajstić information content (AvgIpc) is 3.31. The van der Waals surface area contributed by atoms with Crippen LogP contribution in [0.1, 0.15) is 18.5 Å². The Morgan fingerprint density at radius 3 is 2.68 bits per heavy atom. The summed E-state index contributed by atoms with van der Waals surface area (Å²) in [4.78, 5) is 20.6. The van der Waals surface area contributed by atoms with Crippen LogP contribution in [0.15, 0.2) is 24.4 Å². The van der Waals surface area contributed by atoms with Crippen molar-refractivity contribution in [2.24, 2.45) is 0 Å². The molecular weight excluding hydrogens is 240 g/mol. The van der Waals surface area contributed by atoms with Gasteiger partial charge in [-0.3, -0.25) is 9.88 Å². The Balaban J connectivity index is 1.43. The normalized spacial score (nSPS) is 20.3. The Morgan fingerprint density at radius 2 is 2.05 bits per heavy atom. The van der Waals surface area contributed by atoms with Crippen LogP contribution < -0.4 is 5.32 Å². The van der Waals surface area contributed by atoms with Crippen LogP contribution in [0.2, 0.25) is 0 Å². The number of nitrogens with one attached hydrogen (secondary N) is 1. The van der Waals surface area contributed by atoms with Crippen molar-refractivity contribution < 1.29 is 4.79 Å². The zero-order valence-corrected chi connectivity index (χ0v) is 11.1. The van der Waals surface area contributed by atoms with Gasteiger partial charge in [-0.15, -0.1) is 0 Å². The van der Waals surface area contributed by atoms with Crippen LogP contribution in [0.25, 0.3) is 0 Å². The zero-order valence-electron chi connectivity index (χ0n) is 11.1. The highest BCUT2D eigenvalue weighted by Crippen LogP contribution is 2.27. The standard InChI is InChI=1S/C14H20N4O/c19-14(16-11-12-3-1-2-6-15-12)18-9-7-17(8-10-18)13-4-5-13/h1-3,6,13H,4-5,7-11H2,(H,16,19). The number of nitrogens with zero attached hydrogens (tertiary/aromatic N) is 3. The fourth-order valence-electron chi connectivity index (χ4n) is 2.51. The van der Waals surface area contributed by atoms with Crippen molar-refractivity contribution in [2.45, 2.75) is 25.4 Å². The molecule has 0 bridgehead atoms. The second-order valence-electron chi connectivity index (χ2n) is 5.23. The molecular formula is C14H20N4O. The van der Waals surface area contributed by atoms with E-state index >= 15 is 0 Å². The molecule has 0 spiro atoms. The van der Waals surface area contributed by atoms with Gasteiger partial charge in [0.05, 0.1) is 12.2 Å². The van der Waals surface area contributed by atoms with Crippen molar-refractivity contribution in [2.75, 3.05) is 26.2 Å². The van der Waals surface area contributed by atoms with Crippen LogP contribution in [0.5, 0.6) is 0 Å². The maximum atomic E-state index is 12.0. The molecule has 1 aliphatic carbocycles. The molecule has 2 aliphatic rings. The molecule has 0 radical (unpaired) electrons. The molecule has 3 rings (SSSR count). The highest BCUT2D eigenvalue weighted by atomic mass is 16.2. The van der Waals surface area contributed by atoms with Crippen molar-refractivity contribution in [3.05, 3.63) is 30.1 Å². The topological polar surface area (TPSA) is 48.5 Å². The van der Waals surface area contributed by atoms with Crippen LogP contribution >= 0.6 is 0 Å². The van der Waals surface area contributed by atoms with Crippen LogP contribution in [0, 0.1) is 0 Å². The quantitative estimate of drug-likeness (QED) is 0.884. The van der Waals surface area contributed by atoms with Crippen molar-refractivity contribution >= 4 is 6.03 Å². The third-order valence-corrected chi connectivity index (χ3v) is 3.81. The van der Waals surface area contributed by atoms with Crippen LogP contribution in [-0.2, 0) is 6.54 Å². The lowest BCUT2D eigenvalue weighted by molar-refractivity contribution is 0.134. The predicted molar refractivity (Wildman–Crippen MR) is 72.6 cm³/mol. The molecule has 2 fully saturated rings. The van der Waals surface area contributed by atoms with E-state index in [-0.39, 0.29) is 6.03 Å². The third kappa shape index (κ3) is 3.23. The first-order valence-electron chi connectivity index (χ1n) is 6.99. The summed E-state index contributed by atoms with van der Waals surface area (Å²) in [6.07, 6.45) is 4.42. The fraction of sp³-hybridized carbons (Fsp3) is 0.571. The van der Waals surface area contributed by atoms with Crippen molar-refractivity contribution in [3.8, 4) is 0 Å². The highest BCUT2D eigenvalue weighted by molar-refractivity contribution is 5.74. The number of amides is 2. The smallest absolute Gasteiger partial charge is 0.317 e. The molecule has 1 saturated heterocycles. The summed E-state index contributed by atoms with van der Waals surface area (Å²) in [6.45, 7) is 4.21. The number of urea groups is 1. The Labute approximate surface area is 113 Å². The number of carbonyl (C=O) groups is 1. The van der Waals surface area contributed by atoms with Crippen molar-refractivity contribution in [1.29, 1.82) is 0 Å². The molecule has 5 heteroatoms. The van der Waals surface area contributed by atoms with Gasteiger partial charge >= 0.3 is 6.03 Å². The van der Waals surface area contributed by atoms with E-state index in [0.29, 0.717) is 6.54 Å². The van der Waals surface area contributed by atoms with Gasteiger partial charge in [0.15, 0.2) is 0 Å². The van der Waals surface area contributed by atoms with Gasteiger partial charge in [-0.2, -0.15) is 0 Å². The first-order valence-corrected chi connectivity index (χ1v) is 6.99. The van der Waals surface area contributed by atoms with E-state index < -0.39 is 0 Å². The van der Waals surface area contributed by atoms with E-state index in [9.17, 15) is 4.79 Å². The molecule has 0 unspecified atom stereocenters. The molecule has 1 saturated carbocycles.